The first-order chi connectivity index (χ1) is 18.4. The number of amidine groups is 1. The Morgan fingerprint density at radius 1 is 1.08 bits per heavy atom. The van der Waals surface area contributed by atoms with Gasteiger partial charge in [0.05, 0.1) is 26.0 Å². The highest BCUT2D eigenvalue weighted by Gasteiger charge is 2.39. The fraction of sp³-hybridized carbons (Fsp3) is 0.214. The zero-order valence-corrected chi connectivity index (χ0v) is 22.3. The lowest BCUT2D eigenvalue weighted by molar-refractivity contribution is -0.121. The van der Waals surface area contributed by atoms with Gasteiger partial charge in [-0.05, 0) is 48.0 Å². The van der Waals surface area contributed by atoms with Gasteiger partial charge < -0.3 is 14.8 Å². The number of benzene rings is 3. The third-order valence-corrected chi connectivity index (χ3v) is 7.63. The lowest BCUT2D eigenvalue weighted by atomic mass is 9.98. The number of aliphatic imine (C=N–C) groups is 1. The highest BCUT2D eigenvalue weighted by atomic mass is 35.5. The van der Waals surface area contributed by atoms with E-state index >= 15 is 0 Å². The molecule has 0 unspecified atom stereocenters. The number of hydrogen-bond donors (Lipinski definition) is 1. The number of ether oxygens (including phenoxy) is 2. The first-order valence-electron chi connectivity index (χ1n) is 11.9. The summed E-state index contributed by atoms with van der Waals surface area (Å²) in [6, 6.07) is 22.0. The predicted molar refractivity (Wildman–Crippen MR) is 150 cm³/mol. The van der Waals surface area contributed by atoms with Crippen molar-refractivity contribution in [3.63, 3.8) is 0 Å². The lowest BCUT2D eigenvalue weighted by Gasteiger charge is -2.23. The van der Waals surface area contributed by atoms with E-state index in [0.717, 1.165) is 16.8 Å². The van der Waals surface area contributed by atoms with Crippen molar-refractivity contribution in [1.29, 1.82) is 0 Å². The maximum Gasteiger partial charge on any atom is 0.262 e. The number of thioether (sulfide) groups is 1. The van der Waals surface area contributed by atoms with Crippen molar-refractivity contribution in [3.8, 4) is 11.5 Å². The van der Waals surface area contributed by atoms with Crippen molar-refractivity contribution in [2.24, 2.45) is 10.1 Å². The van der Waals surface area contributed by atoms with Gasteiger partial charge >= 0.3 is 0 Å². The van der Waals surface area contributed by atoms with Crippen molar-refractivity contribution in [2.75, 3.05) is 19.5 Å². The van der Waals surface area contributed by atoms with Gasteiger partial charge in [0.25, 0.3) is 5.91 Å². The zero-order chi connectivity index (χ0) is 26.6. The monoisotopic (exact) mass is 548 g/mol. The smallest absolute Gasteiger partial charge is 0.262 e. The number of amides is 2. The molecule has 5 rings (SSSR count). The maximum atomic E-state index is 12.8. The summed E-state index contributed by atoms with van der Waals surface area (Å²) >= 11 is 7.39. The summed E-state index contributed by atoms with van der Waals surface area (Å²) in [5.74, 6) is 0.733. The molecule has 8 nitrogen and oxygen atoms in total. The van der Waals surface area contributed by atoms with E-state index in [1.54, 1.807) is 31.4 Å². The molecule has 0 spiro atoms. The molecular formula is C28H25ClN4O4S. The van der Waals surface area contributed by atoms with Crippen LogP contribution < -0.4 is 14.8 Å². The topological polar surface area (TPSA) is 92.6 Å². The van der Waals surface area contributed by atoms with Crippen LogP contribution in [0.25, 0.3) is 0 Å². The second kappa shape index (κ2) is 11.3. The van der Waals surface area contributed by atoms with Gasteiger partial charge in [0, 0.05) is 29.1 Å². The van der Waals surface area contributed by atoms with Crippen LogP contribution in [0.4, 0.5) is 5.69 Å². The number of nitrogens with one attached hydrogen (secondary N) is 1. The van der Waals surface area contributed by atoms with Crippen LogP contribution in [0.15, 0.2) is 82.9 Å². The summed E-state index contributed by atoms with van der Waals surface area (Å²) in [6.45, 7) is 0. The fourth-order valence-electron chi connectivity index (χ4n) is 4.34. The molecule has 2 aliphatic heterocycles. The van der Waals surface area contributed by atoms with Crippen molar-refractivity contribution >= 4 is 51.7 Å². The number of nitrogens with zero attached hydrogens (tertiary/aromatic N) is 3. The number of hydrogen-bond acceptors (Lipinski definition) is 7. The number of anilines is 1. The molecule has 0 fully saturated rings. The summed E-state index contributed by atoms with van der Waals surface area (Å²) in [6.07, 6.45) is 0.545. The minimum Gasteiger partial charge on any atom is -0.497 e. The van der Waals surface area contributed by atoms with Crippen LogP contribution in [0.3, 0.4) is 0 Å². The Bertz CT molecular complexity index is 1410. The van der Waals surface area contributed by atoms with E-state index in [9.17, 15) is 9.59 Å². The van der Waals surface area contributed by atoms with Crippen LogP contribution in [0.1, 0.15) is 30.0 Å². The molecule has 0 aromatic heterocycles. The van der Waals surface area contributed by atoms with Crippen molar-refractivity contribution in [3.05, 3.63) is 88.9 Å². The Morgan fingerprint density at radius 3 is 2.55 bits per heavy atom. The molecule has 0 aliphatic carbocycles. The molecule has 0 bridgehead atoms. The summed E-state index contributed by atoms with van der Waals surface area (Å²) in [4.78, 5) is 29.8. The molecule has 10 heteroatoms. The van der Waals surface area contributed by atoms with Gasteiger partial charge in [-0.2, -0.15) is 10.1 Å². The second-order valence-corrected chi connectivity index (χ2v) is 10.3. The van der Waals surface area contributed by atoms with Gasteiger partial charge in [0.2, 0.25) is 5.91 Å². The number of hydrazone groups is 1. The van der Waals surface area contributed by atoms with Crippen molar-refractivity contribution in [1.82, 2.24) is 5.01 Å². The average molecular weight is 549 g/mol. The molecule has 3 aromatic carbocycles. The average Bonchev–Trinajstić information content (AvgIpc) is 3.53. The Hall–Kier alpha value is -3.82. The summed E-state index contributed by atoms with van der Waals surface area (Å²) in [7, 11) is 3.21. The van der Waals surface area contributed by atoms with E-state index in [1.165, 1.54) is 11.8 Å². The molecule has 0 saturated heterocycles. The first kappa shape index (κ1) is 25.8. The Kier molecular flexibility index (Phi) is 7.67. The third kappa shape index (κ3) is 5.54. The molecule has 2 aliphatic rings. The van der Waals surface area contributed by atoms with E-state index in [4.69, 9.17) is 26.2 Å². The number of methoxy groups -OCH3 is 2. The summed E-state index contributed by atoms with van der Waals surface area (Å²) in [5.41, 5.74) is 3.21. The molecule has 3 aromatic rings. The summed E-state index contributed by atoms with van der Waals surface area (Å²) < 4.78 is 11.0. The van der Waals surface area contributed by atoms with Gasteiger partial charge in [-0.15, -0.1) is 0 Å². The van der Waals surface area contributed by atoms with Crippen LogP contribution in [-0.4, -0.2) is 47.2 Å². The molecule has 1 N–H and O–H groups in total. The van der Waals surface area contributed by atoms with Gasteiger partial charge in [0.1, 0.15) is 16.7 Å². The fourth-order valence-corrected chi connectivity index (χ4v) is 5.53. The number of carbonyl (C=O) groups excluding carboxylic acids is 2. The van der Waals surface area contributed by atoms with E-state index in [-0.39, 0.29) is 24.3 Å². The Balaban J connectivity index is 1.41. The molecule has 38 heavy (non-hydrogen) atoms. The second-order valence-electron chi connectivity index (χ2n) is 8.69. The Labute approximate surface area is 229 Å². The van der Waals surface area contributed by atoms with E-state index in [2.05, 4.69) is 10.3 Å². The van der Waals surface area contributed by atoms with E-state index in [1.807, 2.05) is 60.7 Å². The van der Waals surface area contributed by atoms with E-state index in [0.29, 0.717) is 33.8 Å². The maximum absolute atomic E-state index is 12.8. The normalized spacial score (nSPS) is 18.7. The molecule has 0 radical (unpaired) electrons. The Morgan fingerprint density at radius 2 is 1.84 bits per heavy atom. The van der Waals surface area contributed by atoms with Gasteiger partial charge in [-0.25, -0.2) is 5.01 Å². The molecule has 194 valence electrons. The molecule has 2 amide bonds. The van der Waals surface area contributed by atoms with Crippen molar-refractivity contribution in [2.45, 2.75) is 24.1 Å². The third-order valence-electron chi connectivity index (χ3n) is 6.24. The number of rotatable bonds is 7. The highest BCUT2D eigenvalue weighted by Crippen LogP contribution is 2.40. The van der Waals surface area contributed by atoms with Crippen LogP contribution in [0.2, 0.25) is 5.02 Å². The minimum absolute atomic E-state index is 0.00508. The number of halogens is 1. The SMILES string of the molecule is COc1ccc(OC)c(C2=NN(C3=NC(=O)[C@H](CC(=O)Nc4ccccc4)S3)[C@@H](c3ccc(Cl)cc3)C2)c1. The quantitative estimate of drug-likeness (QED) is 0.417. The number of para-hydroxylation sites is 1. The van der Waals surface area contributed by atoms with Gasteiger partial charge in [-0.3, -0.25) is 9.59 Å². The minimum atomic E-state index is -0.634. The van der Waals surface area contributed by atoms with Crippen molar-refractivity contribution < 1.29 is 19.1 Å². The lowest BCUT2D eigenvalue weighted by Crippen LogP contribution is -2.25. The predicted octanol–water partition coefficient (Wildman–Crippen LogP) is 5.54. The highest BCUT2D eigenvalue weighted by molar-refractivity contribution is 8.15. The largest absolute Gasteiger partial charge is 0.497 e. The van der Waals surface area contributed by atoms with Crippen LogP contribution in [-0.2, 0) is 9.59 Å². The van der Waals surface area contributed by atoms with Crippen LogP contribution in [0.5, 0.6) is 11.5 Å². The van der Waals surface area contributed by atoms with E-state index < -0.39 is 5.25 Å². The molecule has 0 saturated carbocycles. The molecule has 2 atom stereocenters. The first-order valence-corrected chi connectivity index (χ1v) is 13.2. The van der Waals surface area contributed by atoms with Crippen LogP contribution >= 0.6 is 23.4 Å². The van der Waals surface area contributed by atoms with Gasteiger partial charge in [0.15, 0.2) is 5.17 Å². The van der Waals surface area contributed by atoms with Gasteiger partial charge in [-0.1, -0.05) is 53.7 Å². The zero-order valence-electron chi connectivity index (χ0n) is 20.8. The number of carbonyl (C=O) groups is 2. The standard InChI is InChI=1S/C28H25ClN4O4S/c1-36-20-12-13-24(37-2)21(14-20)22-15-23(17-8-10-18(29)11-9-17)33(32-22)28-31-27(35)25(38-28)16-26(34)30-19-6-4-3-5-7-19/h3-14,23,25H,15-16H2,1-2H3,(H,30,34)/t23-,25+/m1/s1. The summed E-state index contributed by atoms with van der Waals surface area (Å²) in [5, 5.41) is 9.93. The molecular weight excluding hydrogens is 524 g/mol. The molecule has 2 heterocycles. The van der Waals surface area contributed by atoms with Crippen LogP contribution in [0, 0.1) is 0 Å².